The lowest BCUT2D eigenvalue weighted by Gasteiger charge is -2.12. The molecule has 1 aliphatic heterocycles. The summed E-state index contributed by atoms with van der Waals surface area (Å²) in [7, 11) is 0. The van der Waals surface area contributed by atoms with E-state index < -0.39 is 5.97 Å². The van der Waals surface area contributed by atoms with Crippen molar-refractivity contribution in [2.24, 2.45) is 5.92 Å². The van der Waals surface area contributed by atoms with Crippen LogP contribution >= 0.6 is 11.8 Å². The summed E-state index contributed by atoms with van der Waals surface area (Å²) >= 11 is 1.81. The van der Waals surface area contributed by atoms with Gasteiger partial charge in [-0.15, -0.1) is 0 Å². The lowest BCUT2D eigenvalue weighted by atomic mass is 10.0. The second-order valence-corrected chi connectivity index (χ2v) is 10.1. The molecule has 0 aliphatic carbocycles. The average molecular weight is 442 g/mol. The number of hydrogen-bond acceptors (Lipinski definition) is 5. The van der Waals surface area contributed by atoms with Crippen molar-refractivity contribution < 1.29 is 14.3 Å². The van der Waals surface area contributed by atoms with Crippen molar-refractivity contribution in [3.8, 4) is 0 Å². The lowest BCUT2D eigenvalue weighted by molar-refractivity contribution is -0.163. The number of carbonyl (C=O) groups is 2. The van der Waals surface area contributed by atoms with E-state index in [1.165, 1.54) is 89.9 Å². The zero-order valence-electron chi connectivity index (χ0n) is 19.7. The lowest BCUT2D eigenvalue weighted by Crippen LogP contribution is -2.35. The number of esters is 2. The number of hydrogen-bond donors (Lipinski definition) is 1. The molecule has 0 amide bonds. The first-order valence-corrected chi connectivity index (χ1v) is 13.9. The van der Waals surface area contributed by atoms with Crippen LogP contribution in [0, 0.1) is 5.92 Å². The monoisotopic (exact) mass is 441 g/mol. The topological polar surface area (TPSA) is 55.4 Å². The number of nitrogens with one attached hydrogen (secondary N) is 1. The van der Waals surface area contributed by atoms with Crippen LogP contribution in [0.4, 0.5) is 0 Å². The van der Waals surface area contributed by atoms with E-state index >= 15 is 0 Å². The first kappa shape index (κ1) is 27.5. The summed E-state index contributed by atoms with van der Waals surface area (Å²) in [6.45, 7) is 4.97. The van der Waals surface area contributed by atoms with E-state index in [0.29, 0.717) is 0 Å². The van der Waals surface area contributed by atoms with Gasteiger partial charge in [0.2, 0.25) is 0 Å². The van der Waals surface area contributed by atoms with E-state index in [1.54, 1.807) is 11.8 Å². The van der Waals surface area contributed by atoms with Crippen LogP contribution in [0.1, 0.15) is 117 Å². The molecule has 0 aromatic heterocycles. The van der Waals surface area contributed by atoms with Crippen LogP contribution in [-0.2, 0) is 14.3 Å². The van der Waals surface area contributed by atoms with Gasteiger partial charge >= 0.3 is 11.9 Å². The molecule has 1 saturated heterocycles. The first-order chi connectivity index (χ1) is 14.6. The molecule has 176 valence electrons. The third kappa shape index (κ3) is 14.5. The molecule has 0 spiro atoms. The molecule has 2 atom stereocenters. The minimum absolute atomic E-state index is 0.216. The van der Waals surface area contributed by atoms with E-state index in [-0.39, 0.29) is 17.9 Å². The molecular formula is C25H47NO3S. The average Bonchev–Trinajstić information content (AvgIpc) is 3.28. The molecular weight excluding hydrogens is 394 g/mol. The van der Waals surface area contributed by atoms with Crippen molar-refractivity contribution in [2.75, 3.05) is 18.1 Å². The van der Waals surface area contributed by atoms with Gasteiger partial charge in [-0.1, -0.05) is 97.3 Å². The molecule has 0 saturated carbocycles. The fourth-order valence-corrected chi connectivity index (χ4v) is 4.95. The van der Waals surface area contributed by atoms with Gasteiger partial charge in [0.25, 0.3) is 0 Å². The molecule has 5 heteroatoms. The molecule has 1 fully saturated rings. The van der Waals surface area contributed by atoms with Gasteiger partial charge in [-0.2, -0.15) is 11.8 Å². The van der Waals surface area contributed by atoms with E-state index in [4.69, 9.17) is 4.74 Å². The quantitative estimate of drug-likeness (QED) is 0.138. The Labute approximate surface area is 190 Å². The Morgan fingerprint density at radius 1 is 0.900 bits per heavy atom. The normalized spacial score (nSPS) is 17.2. The van der Waals surface area contributed by atoms with E-state index in [1.807, 2.05) is 6.92 Å². The maximum Gasteiger partial charge on any atom is 0.330 e. The van der Waals surface area contributed by atoms with Gasteiger partial charge in [0.05, 0.1) is 5.92 Å². The van der Waals surface area contributed by atoms with E-state index in [9.17, 15) is 9.59 Å². The second kappa shape index (κ2) is 19.2. The summed E-state index contributed by atoms with van der Waals surface area (Å²) in [5, 5.41) is 3.07. The molecule has 1 rings (SSSR count). The van der Waals surface area contributed by atoms with Crippen LogP contribution in [0.15, 0.2) is 0 Å². The van der Waals surface area contributed by atoms with E-state index in [0.717, 1.165) is 30.9 Å². The minimum atomic E-state index is -0.402. The molecule has 1 N–H and O–H groups in total. The number of carbonyl (C=O) groups excluding carboxylic acids is 2. The summed E-state index contributed by atoms with van der Waals surface area (Å²) in [4.78, 5) is 23.9. The van der Waals surface area contributed by atoms with Gasteiger partial charge in [0.15, 0.2) is 0 Å². The summed E-state index contributed by atoms with van der Waals surface area (Å²) in [5.74, 6) is 0.839. The minimum Gasteiger partial charge on any atom is -0.392 e. The molecule has 0 unspecified atom stereocenters. The van der Waals surface area contributed by atoms with Crippen LogP contribution in [0.25, 0.3) is 0 Å². The maximum atomic E-state index is 12.0. The van der Waals surface area contributed by atoms with Gasteiger partial charge in [0, 0.05) is 5.75 Å². The Morgan fingerprint density at radius 2 is 1.43 bits per heavy atom. The van der Waals surface area contributed by atoms with Gasteiger partial charge in [-0.3, -0.25) is 4.79 Å². The van der Waals surface area contributed by atoms with Gasteiger partial charge in [-0.25, -0.2) is 4.79 Å². The molecule has 0 aromatic carbocycles. The Kier molecular flexibility index (Phi) is 17.6. The molecule has 0 bridgehead atoms. The molecule has 1 heterocycles. The number of rotatable bonds is 19. The van der Waals surface area contributed by atoms with Crippen molar-refractivity contribution in [1.29, 1.82) is 0 Å². The summed E-state index contributed by atoms with van der Waals surface area (Å²) in [6, 6.07) is -0.288. The number of ether oxygens (including phenoxy) is 1. The Balaban J connectivity index is 1.82. The van der Waals surface area contributed by atoms with Crippen molar-refractivity contribution in [2.45, 2.75) is 123 Å². The van der Waals surface area contributed by atoms with Crippen molar-refractivity contribution in [3.05, 3.63) is 0 Å². The maximum absolute atomic E-state index is 12.0. The zero-order valence-corrected chi connectivity index (χ0v) is 20.5. The first-order valence-electron chi connectivity index (χ1n) is 12.7. The predicted octanol–water partition coefficient (Wildman–Crippen LogP) is 6.66. The van der Waals surface area contributed by atoms with Crippen molar-refractivity contribution in [1.82, 2.24) is 5.32 Å². The summed E-state index contributed by atoms with van der Waals surface area (Å²) in [6.07, 6.45) is 21.0. The van der Waals surface area contributed by atoms with Gasteiger partial charge in [-0.05, 0) is 31.6 Å². The smallest absolute Gasteiger partial charge is 0.330 e. The van der Waals surface area contributed by atoms with Gasteiger partial charge in [0.1, 0.15) is 6.04 Å². The van der Waals surface area contributed by atoms with Crippen LogP contribution < -0.4 is 5.32 Å². The highest BCUT2D eigenvalue weighted by Gasteiger charge is 2.27. The summed E-state index contributed by atoms with van der Waals surface area (Å²) in [5.41, 5.74) is 0. The Bertz CT molecular complexity index is 438. The van der Waals surface area contributed by atoms with Crippen LogP contribution in [0.3, 0.4) is 0 Å². The van der Waals surface area contributed by atoms with Crippen LogP contribution in [0.5, 0.6) is 0 Å². The standard InChI is InChI=1S/C25H47NO3S/c1-3-4-5-6-7-8-9-10-11-12-13-14-15-16-20-30-21-22(2)24(27)29-25(28)23-18-17-19-26-23/h22-23,26H,3-21H2,1-2H3/t22-,23+/m1/s1. The van der Waals surface area contributed by atoms with Gasteiger partial charge < -0.3 is 10.1 Å². The largest absolute Gasteiger partial charge is 0.392 e. The fraction of sp³-hybridized carbons (Fsp3) is 0.920. The second-order valence-electron chi connectivity index (χ2n) is 8.96. The highest BCUT2D eigenvalue weighted by Crippen LogP contribution is 2.16. The predicted molar refractivity (Wildman–Crippen MR) is 129 cm³/mol. The van der Waals surface area contributed by atoms with Crippen molar-refractivity contribution in [3.63, 3.8) is 0 Å². The Hall–Kier alpha value is -0.550. The zero-order chi connectivity index (χ0) is 21.9. The third-order valence-corrected chi connectivity index (χ3v) is 7.27. The van der Waals surface area contributed by atoms with Crippen LogP contribution in [0.2, 0.25) is 0 Å². The molecule has 0 radical (unpaired) electrons. The van der Waals surface area contributed by atoms with Crippen molar-refractivity contribution >= 4 is 23.7 Å². The fourth-order valence-electron chi connectivity index (χ4n) is 3.88. The number of unbranched alkanes of at least 4 members (excludes halogenated alkanes) is 13. The molecule has 0 aromatic rings. The molecule has 1 aliphatic rings. The molecule has 4 nitrogen and oxygen atoms in total. The summed E-state index contributed by atoms with van der Waals surface area (Å²) < 4.78 is 5.02. The van der Waals surface area contributed by atoms with Crippen LogP contribution in [-0.4, -0.2) is 36.0 Å². The molecule has 30 heavy (non-hydrogen) atoms. The SMILES string of the molecule is CCCCCCCCCCCCCCCCSC[C@@H](C)C(=O)OC(=O)[C@@H]1CCCN1. The third-order valence-electron chi connectivity index (χ3n) is 5.96. The highest BCUT2D eigenvalue weighted by molar-refractivity contribution is 7.99. The number of thioether (sulfide) groups is 1. The highest BCUT2D eigenvalue weighted by atomic mass is 32.2. The Morgan fingerprint density at radius 3 is 1.93 bits per heavy atom. The van der Waals surface area contributed by atoms with E-state index in [2.05, 4.69) is 12.2 Å².